The van der Waals surface area contributed by atoms with Gasteiger partial charge in [-0.2, -0.15) is 0 Å². The zero-order valence-electron chi connectivity index (χ0n) is 10.5. The summed E-state index contributed by atoms with van der Waals surface area (Å²) in [6, 6.07) is 5.08. The molecule has 1 saturated carbocycles. The highest BCUT2D eigenvalue weighted by Gasteiger charge is 2.36. The van der Waals surface area contributed by atoms with Crippen molar-refractivity contribution < 1.29 is 0 Å². The molecule has 1 aliphatic rings. The van der Waals surface area contributed by atoms with Crippen molar-refractivity contribution in [1.29, 1.82) is 0 Å². The Morgan fingerprint density at radius 2 is 2.25 bits per heavy atom. The van der Waals surface area contributed by atoms with Crippen LogP contribution in [-0.2, 0) is 6.42 Å². The fraction of sp³-hybridized carbons (Fsp3) is 0.714. The first-order valence-electron chi connectivity index (χ1n) is 6.58. The van der Waals surface area contributed by atoms with Crippen LogP contribution in [0, 0.1) is 0 Å². The molecule has 0 spiro atoms. The van der Waals surface area contributed by atoms with Gasteiger partial charge in [-0.25, -0.2) is 0 Å². The number of rotatable bonds is 6. The summed E-state index contributed by atoms with van der Waals surface area (Å²) < 4.78 is 0. The molecule has 1 aromatic rings. The van der Waals surface area contributed by atoms with Gasteiger partial charge in [-0.3, -0.25) is 0 Å². The van der Waals surface area contributed by atoms with Gasteiger partial charge in [-0.05, 0) is 50.0 Å². The third-order valence-corrected chi connectivity index (χ3v) is 4.92. The summed E-state index contributed by atoms with van der Waals surface area (Å²) in [6.07, 6.45) is 7.90. The highest BCUT2D eigenvalue weighted by atomic mass is 32.1. The molecule has 2 rings (SSSR count). The van der Waals surface area contributed by atoms with Gasteiger partial charge in [0.15, 0.2) is 0 Å². The minimum absolute atomic E-state index is 0.484. The molecular formula is C14H23NS. The lowest BCUT2D eigenvalue weighted by molar-refractivity contribution is 0.154. The topological polar surface area (TPSA) is 12.0 Å². The summed E-state index contributed by atoms with van der Waals surface area (Å²) in [5, 5.41) is 6.09. The van der Waals surface area contributed by atoms with Crippen LogP contribution in [0.5, 0.6) is 0 Å². The third-order valence-electron chi connectivity index (χ3n) is 4.02. The van der Waals surface area contributed by atoms with Gasteiger partial charge in [0, 0.05) is 16.5 Å². The fourth-order valence-corrected chi connectivity index (χ4v) is 3.39. The quantitative estimate of drug-likeness (QED) is 0.789. The Balaban J connectivity index is 1.90. The minimum Gasteiger partial charge on any atom is -0.308 e. The normalized spacial score (nSPS) is 20.4. The summed E-state index contributed by atoms with van der Waals surface area (Å²) >= 11 is 1.89. The first kappa shape index (κ1) is 12.1. The van der Waals surface area contributed by atoms with Gasteiger partial charge in [-0.15, -0.1) is 11.3 Å². The van der Waals surface area contributed by atoms with Crippen molar-refractivity contribution in [2.24, 2.45) is 0 Å². The molecule has 0 radical (unpaired) electrons. The Bertz CT molecular complexity index is 295. The monoisotopic (exact) mass is 237 g/mol. The minimum atomic E-state index is 0.484. The number of thiophene rings is 1. The van der Waals surface area contributed by atoms with E-state index in [-0.39, 0.29) is 0 Å². The Labute approximate surface area is 103 Å². The van der Waals surface area contributed by atoms with Gasteiger partial charge in [0.05, 0.1) is 0 Å². The molecule has 0 aliphatic heterocycles. The zero-order chi connectivity index (χ0) is 11.4. The number of hydrogen-bond acceptors (Lipinski definition) is 2. The van der Waals surface area contributed by atoms with Crippen LogP contribution in [0.2, 0.25) is 0 Å². The van der Waals surface area contributed by atoms with E-state index >= 15 is 0 Å². The van der Waals surface area contributed by atoms with E-state index in [2.05, 4.69) is 36.7 Å². The van der Waals surface area contributed by atoms with Gasteiger partial charge in [0.25, 0.3) is 0 Å². The van der Waals surface area contributed by atoms with Gasteiger partial charge in [-0.1, -0.05) is 19.9 Å². The molecule has 1 heterocycles. The molecule has 0 saturated heterocycles. The number of hydrogen-bond donors (Lipinski definition) is 1. The van der Waals surface area contributed by atoms with E-state index < -0.39 is 0 Å². The van der Waals surface area contributed by atoms with Crippen LogP contribution >= 0.6 is 11.3 Å². The second kappa shape index (κ2) is 5.33. The second-order valence-electron chi connectivity index (χ2n) is 5.02. The summed E-state index contributed by atoms with van der Waals surface area (Å²) in [4.78, 5) is 1.52. The molecule has 16 heavy (non-hydrogen) atoms. The largest absolute Gasteiger partial charge is 0.308 e. The summed E-state index contributed by atoms with van der Waals surface area (Å²) in [6.45, 7) is 4.62. The molecule has 2 heteroatoms. The first-order chi connectivity index (χ1) is 7.78. The van der Waals surface area contributed by atoms with Crippen LogP contribution in [0.25, 0.3) is 0 Å². The lowest BCUT2D eigenvalue weighted by Crippen LogP contribution is -2.55. The van der Waals surface area contributed by atoms with Crippen molar-refractivity contribution in [3.05, 3.63) is 22.4 Å². The van der Waals surface area contributed by atoms with E-state index in [9.17, 15) is 0 Å². The molecule has 1 aromatic heterocycles. The molecule has 1 aliphatic carbocycles. The van der Waals surface area contributed by atoms with E-state index in [1.165, 1.54) is 43.4 Å². The summed E-state index contributed by atoms with van der Waals surface area (Å²) in [5.41, 5.74) is 0.484. The van der Waals surface area contributed by atoms with Crippen LogP contribution in [0.4, 0.5) is 0 Å². The van der Waals surface area contributed by atoms with Gasteiger partial charge in [0.2, 0.25) is 0 Å². The maximum absolute atomic E-state index is 3.91. The van der Waals surface area contributed by atoms with E-state index in [1.54, 1.807) is 0 Å². The van der Waals surface area contributed by atoms with Crippen molar-refractivity contribution in [3.8, 4) is 0 Å². The first-order valence-corrected chi connectivity index (χ1v) is 7.46. The molecule has 1 nitrogen and oxygen atoms in total. The highest BCUT2D eigenvalue weighted by Crippen LogP contribution is 2.35. The van der Waals surface area contributed by atoms with Crippen molar-refractivity contribution >= 4 is 11.3 Å². The molecule has 1 N–H and O–H groups in total. The molecule has 1 unspecified atom stereocenters. The summed E-state index contributed by atoms with van der Waals surface area (Å²) in [7, 11) is 0. The van der Waals surface area contributed by atoms with Crippen LogP contribution in [0.3, 0.4) is 0 Å². The number of nitrogens with one attached hydrogen (secondary N) is 1. The van der Waals surface area contributed by atoms with Gasteiger partial charge >= 0.3 is 0 Å². The maximum Gasteiger partial charge on any atom is 0.0181 e. The Morgan fingerprint density at radius 3 is 2.69 bits per heavy atom. The van der Waals surface area contributed by atoms with E-state index in [0.717, 1.165) is 0 Å². The Kier molecular flexibility index (Phi) is 4.04. The molecular weight excluding hydrogens is 214 g/mol. The van der Waals surface area contributed by atoms with Gasteiger partial charge in [0.1, 0.15) is 0 Å². The average molecular weight is 237 g/mol. The smallest absolute Gasteiger partial charge is 0.0181 e. The Morgan fingerprint density at radius 1 is 1.44 bits per heavy atom. The molecule has 0 aromatic carbocycles. The molecule has 1 fully saturated rings. The fourth-order valence-electron chi connectivity index (χ4n) is 2.61. The van der Waals surface area contributed by atoms with Crippen LogP contribution in [-0.4, -0.2) is 11.6 Å². The molecule has 0 amide bonds. The van der Waals surface area contributed by atoms with Crippen LogP contribution in [0.1, 0.15) is 50.8 Å². The van der Waals surface area contributed by atoms with Crippen LogP contribution in [0.15, 0.2) is 17.5 Å². The van der Waals surface area contributed by atoms with Crippen molar-refractivity contribution in [2.75, 3.05) is 0 Å². The Hall–Kier alpha value is -0.340. The second-order valence-corrected chi connectivity index (χ2v) is 6.05. The lowest BCUT2D eigenvalue weighted by atomic mass is 9.74. The lowest BCUT2D eigenvalue weighted by Gasteiger charge is -2.45. The zero-order valence-corrected chi connectivity index (χ0v) is 11.3. The SMILES string of the molecule is CCC(Cc1cccs1)NC1(CC)CCC1. The standard InChI is InChI=1S/C14H23NS/c1-3-12(11-13-7-5-10-16-13)15-14(4-2)8-6-9-14/h5,7,10,12,15H,3-4,6,8-9,11H2,1-2H3. The van der Waals surface area contributed by atoms with Crippen molar-refractivity contribution in [3.63, 3.8) is 0 Å². The van der Waals surface area contributed by atoms with E-state index in [0.29, 0.717) is 11.6 Å². The maximum atomic E-state index is 3.91. The predicted octanol–water partition coefficient (Wildman–Crippen LogP) is 3.99. The van der Waals surface area contributed by atoms with E-state index in [1.807, 2.05) is 11.3 Å². The average Bonchev–Trinajstić information content (AvgIpc) is 2.74. The third kappa shape index (κ3) is 2.67. The highest BCUT2D eigenvalue weighted by molar-refractivity contribution is 7.09. The van der Waals surface area contributed by atoms with E-state index in [4.69, 9.17) is 0 Å². The molecule has 90 valence electrons. The molecule has 0 bridgehead atoms. The molecule has 1 atom stereocenters. The van der Waals surface area contributed by atoms with Crippen molar-refractivity contribution in [1.82, 2.24) is 5.32 Å². The van der Waals surface area contributed by atoms with Crippen molar-refractivity contribution in [2.45, 2.75) is 64.0 Å². The summed E-state index contributed by atoms with van der Waals surface area (Å²) in [5.74, 6) is 0. The van der Waals surface area contributed by atoms with Gasteiger partial charge < -0.3 is 5.32 Å². The predicted molar refractivity (Wildman–Crippen MR) is 72.1 cm³/mol. The van der Waals surface area contributed by atoms with Crippen LogP contribution < -0.4 is 5.32 Å².